The number of hydrogen-bond acceptors (Lipinski definition) is 2. The Kier molecular flexibility index (Phi) is 12.0. The van der Waals surface area contributed by atoms with Crippen molar-refractivity contribution in [3.05, 3.63) is 36.3 Å². The first-order valence-corrected chi connectivity index (χ1v) is 9.43. The number of rotatable bonds is 13. The molecule has 0 aromatic carbocycles. The Morgan fingerprint density at radius 3 is 2.13 bits per heavy atom. The van der Waals surface area contributed by atoms with Crippen molar-refractivity contribution >= 4 is 5.91 Å². The van der Waals surface area contributed by atoms with Crippen molar-refractivity contribution in [2.45, 2.75) is 84.0 Å². The van der Waals surface area contributed by atoms with Gasteiger partial charge in [-0.3, -0.25) is 4.79 Å². The lowest BCUT2D eigenvalue weighted by Crippen LogP contribution is -2.28. The highest BCUT2D eigenvalue weighted by Crippen LogP contribution is 2.11. The molecule has 0 bridgehead atoms. The fraction of sp³-hybridized carbons (Fsp3) is 0.650. The smallest absolute Gasteiger partial charge is 0.225 e. The first-order chi connectivity index (χ1) is 11.3. The van der Waals surface area contributed by atoms with Crippen LogP contribution in [0.3, 0.4) is 0 Å². The van der Waals surface area contributed by atoms with Gasteiger partial charge in [0.2, 0.25) is 5.91 Å². The average molecular weight is 319 g/mol. The molecule has 1 aliphatic heterocycles. The highest BCUT2D eigenvalue weighted by Gasteiger charge is 2.03. The highest BCUT2D eigenvalue weighted by atomic mass is 16.1. The standard InChI is InChI=1S/C20H34N2O/c1-2-3-4-5-6-7-8-9-10-11-14-17-20(23)22-19-16-13-12-15-18-21-19/h12-13,15-16,18,21H,2-11,14,17H2,1H3,(H,22,23). The lowest BCUT2D eigenvalue weighted by molar-refractivity contribution is -0.120. The van der Waals surface area contributed by atoms with Crippen molar-refractivity contribution in [2.75, 3.05) is 0 Å². The number of allylic oxidation sites excluding steroid dienone is 4. The van der Waals surface area contributed by atoms with Crippen molar-refractivity contribution in [2.24, 2.45) is 0 Å². The molecule has 3 nitrogen and oxygen atoms in total. The zero-order chi connectivity index (χ0) is 16.6. The molecule has 23 heavy (non-hydrogen) atoms. The Morgan fingerprint density at radius 2 is 1.48 bits per heavy atom. The van der Waals surface area contributed by atoms with Crippen molar-refractivity contribution in [3.63, 3.8) is 0 Å². The van der Waals surface area contributed by atoms with Gasteiger partial charge in [0.25, 0.3) is 0 Å². The second kappa shape index (κ2) is 14.1. The van der Waals surface area contributed by atoms with Crippen LogP contribution in [0.1, 0.15) is 84.0 Å². The molecule has 130 valence electrons. The molecular weight excluding hydrogens is 284 g/mol. The summed E-state index contributed by atoms with van der Waals surface area (Å²) in [5.41, 5.74) is 0. The first kappa shape index (κ1) is 19.5. The van der Waals surface area contributed by atoms with Gasteiger partial charge in [0.15, 0.2) is 0 Å². The minimum atomic E-state index is 0.100. The third kappa shape index (κ3) is 11.7. The van der Waals surface area contributed by atoms with Gasteiger partial charge < -0.3 is 10.6 Å². The maximum Gasteiger partial charge on any atom is 0.225 e. The van der Waals surface area contributed by atoms with E-state index in [1.165, 1.54) is 57.8 Å². The quantitative estimate of drug-likeness (QED) is 0.451. The summed E-state index contributed by atoms with van der Waals surface area (Å²) < 4.78 is 0. The Bertz CT molecular complexity index is 396. The molecule has 0 atom stereocenters. The first-order valence-electron chi connectivity index (χ1n) is 9.43. The molecule has 3 heteroatoms. The van der Waals surface area contributed by atoms with Crippen molar-refractivity contribution in [1.82, 2.24) is 10.6 Å². The van der Waals surface area contributed by atoms with E-state index in [4.69, 9.17) is 0 Å². The van der Waals surface area contributed by atoms with Crippen LogP contribution in [0.4, 0.5) is 0 Å². The Morgan fingerprint density at radius 1 is 0.870 bits per heavy atom. The number of carbonyl (C=O) groups excluding carboxylic acids is 1. The van der Waals surface area contributed by atoms with Crippen LogP contribution in [0.25, 0.3) is 0 Å². The van der Waals surface area contributed by atoms with Gasteiger partial charge in [-0.15, -0.1) is 0 Å². The van der Waals surface area contributed by atoms with Gasteiger partial charge in [0.1, 0.15) is 5.82 Å². The van der Waals surface area contributed by atoms with E-state index in [-0.39, 0.29) is 5.91 Å². The predicted octanol–water partition coefficient (Wildman–Crippen LogP) is 5.32. The van der Waals surface area contributed by atoms with Crippen molar-refractivity contribution in [1.29, 1.82) is 0 Å². The van der Waals surface area contributed by atoms with Gasteiger partial charge in [-0.25, -0.2) is 0 Å². The number of amides is 1. The van der Waals surface area contributed by atoms with Gasteiger partial charge in [0.05, 0.1) is 0 Å². The van der Waals surface area contributed by atoms with E-state index >= 15 is 0 Å². The Balaban J connectivity index is 1.89. The topological polar surface area (TPSA) is 41.1 Å². The zero-order valence-electron chi connectivity index (χ0n) is 14.8. The number of unbranched alkanes of at least 4 members (excludes halogenated alkanes) is 10. The minimum absolute atomic E-state index is 0.100. The van der Waals surface area contributed by atoms with Crippen LogP contribution in [-0.2, 0) is 4.79 Å². The lowest BCUT2D eigenvalue weighted by atomic mass is 10.1. The van der Waals surface area contributed by atoms with Crippen LogP contribution < -0.4 is 10.6 Å². The van der Waals surface area contributed by atoms with Gasteiger partial charge in [0, 0.05) is 12.6 Å². The summed E-state index contributed by atoms with van der Waals surface area (Å²) in [7, 11) is 0. The molecule has 1 aliphatic rings. The summed E-state index contributed by atoms with van der Waals surface area (Å²) in [4.78, 5) is 11.8. The Hall–Kier alpha value is -1.51. The van der Waals surface area contributed by atoms with E-state index in [9.17, 15) is 4.79 Å². The largest absolute Gasteiger partial charge is 0.348 e. The summed E-state index contributed by atoms with van der Waals surface area (Å²) in [5, 5.41) is 5.94. The van der Waals surface area contributed by atoms with Gasteiger partial charge in [-0.2, -0.15) is 0 Å². The normalized spacial score (nSPS) is 13.3. The van der Waals surface area contributed by atoms with Crippen molar-refractivity contribution < 1.29 is 4.79 Å². The van der Waals surface area contributed by atoms with Gasteiger partial charge >= 0.3 is 0 Å². The monoisotopic (exact) mass is 318 g/mol. The van der Waals surface area contributed by atoms with E-state index in [1.807, 2.05) is 30.5 Å². The average Bonchev–Trinajstić information content (AvgIpc) is 2.81. The van der Waals surface area contributed by atoms with Gasteiger partial charge in [-0.05, 0) is 18.6 Å². The zero-order valence-corrected chi connectivity index (χ0v) is 14.8. The molecule has 0 fully saturated rings. The maximum atomic E-state index is 11.8. The summed E-state index contributed by atoms with van der Waals surface area (Å²) in [6.07, 6.45) is 24.4. The van der Waals surface area contributed by atoms with E-state index in [2.05, 4.69) is 17.6 Å². The van der Waals surface area contributed by atoms with Gasteiger partial charge in [-0.1, -0.05) is 83.3 Å². The van der Waals surface area contributed by atoms with Crippen LogP contribution in [-0.4, -0.2) is 5.91 Å². The summed E-state index contributed by atoms with van der Waals surface area (Å²) in [6.45, 7) is 2.26. The molecule has 0 saturated heterocycles. The second-order valence-corrected chi connectivity index (χ2v) is 6.30. The summed E-state index contributed by atoms with van der Waals surface area (Å²) in [5.74, 6) is 0.853. The van der Waals surface area contributed by atoms with E-state index < -0.39 is 0 Å². The van der Waals surface area contributed by atoms with Crippen LogP contribution in [0, 0.1) is 0 Å². The van der Waals surface area contributed by atoms with Crippen LogP contribution in [0.15, 0.2) is 36.3 Å². The summed E-state index contributed by atoms with van der Waals surface area (Å²) in [6, 6.07) is 0. The fourth-order valence-electron chi connectivity index (χ4n) is 2.70. The fourth-order valence-corrected chi connectivity index (χ4v) is 2.70. The molecule has 0 saturated carbocycles. The van der Waals surface area contributed by atoms with E-state index in [1.54, 1.807) is 0 Å². The number of carbonyl (C=O) groups is 1. The van der Waals surface area contributed by atoms with E-state index in [0.29, 0.717) is 6.42 Å². The number of hydrogen-bond donors (Lipinski definition) is 2. The molecular formula is C20H34N2O. The molecule has 0 aliphatic carbocycles. The maximum absolute atomic E-state index is 11.8. The molecule has 1 heterocycles. The minimum Gasteiger partial charge on any atom is -0.348 e. The van der Waals surface area contributed by atoms with E-state index in [0.717, 1.165) is 18.7 Å². The lowest BCUT2D eigenvalue weighted by Gasteiger charge is -2.08. The molecule has 2 N–H and O–H groups in total. The van der Waals surface area contributed by atoms with Crippen LogP contribution in [0.2, 0.25) is 0 Å². The second-order valence-electron chi connectivity index (χ2n) is 6.30. The highest BCUT2D eigenvalue weighted by molar-refractivity contribution is 5.77. The van der Waals surface area contributed by atoms with Crippen LogP contribution >= 0.6 is 0 Å². The Labute approximate surface area is 142 Å². The SMILES string of the molecule is CCCCCCCCCCCCCC(=O)NC1=CC=CC=CN1. The molecule has 0 aromatic heterocycles. The molecule has 1 rings (SSSR count). The molecule has 0 spiro atoms. The number of nitrogens with one attached hydrogen (secondary N) is 2. The molecule has 0 radical (unpaired) electrons. The van der Waals surface area contributed by atoms with Crippen LogP contribution in [0.5, 0.6) is 0 Å². The third-order valence-corrected chi connectivity index (χ3v) is 4.10. The molecule has 1 amide bonds. The predicted molar refractivity (Wildman–Crippen MR) is 98.7 cm³/mol. The summed E-state index contributed by atoms with van der Waals surface area (Å²) >= 11 is 0. The van der Waals surface area contributed by atoms with Crippen molar-refractivity contribution in [3.8, 4) is 0 Å². The third-order valence-electron chi connectivity index (χ3n) is 4.10. The molecule has 0 unspecified atom stereocenters. The molecule has 0 aromatic rings.